The average molecular weight is 484 g/mol. The van der Waals surface area contributed by atoms with Crippen LogP contribution in [0.15, 0.2) is 53.6 Å². The molecule has 178 valence electrons. The van der Waals surface area contributed by atoms with E-state index in [-0.39, 0.29) is 28.6 Å². The fraction of sp³-hybridized carbons (Fsp3) is 0.400. The third kappa shape index (κ3) is 4.99. The van der Waals surface area contributed by atoms with E-state index >= 15 is 0 Å². The molecule has 2 saturated heterocycles. The van der Waals surface area contributed by atoms with Crippen molar-refractivity contribution >= 4 is 17.5 Å². The summed E-state index contributed by atoms with van der Waals surface area (Å²) in [5, 5.41) is 6.79. The van der Waals surface area contributed by atoms with Crippen molar-refractivity contribution < 1.29 is 9.13 Å². The van der Waals surface area contributed by atoms with Crippen LogP contribution >= 0.6 is 11.6 Å². The minimum atomic E-state index is -0.481. The van der Waals surface area contributed by atoms with Crippen LogP contribution in [0.3, 0.4) is 0 Å². The molecule has 5 rings (SSSR count). The quantitative estimate of drug-likeness (QED) is 0.553. The summed E-state index contributed by atoms with van der Waals surface area (Å²) in [6.45, 7) is 3.08. The summed E-state index contributed by atoms with van der Waals surface area (Å²) in [6, 6.07) is 10.0. The zero-order valence-electron chi connectivity index (χ0n) is 18.7. The third-order valence-corrected chi connectivity index (χ3v) is 6.89. The Bertz CT molecular complexity index is 1210. The van der Waals surface area contributed by atoms with Crippen molar-refractivity contribution in [2.24, 2.45) is 5.92 Å². The van der Waals surface area contributed by atoms with Crippen LogP contribution in [0.25, 0.3) is 11.3 Å². The van der Waals surface area contributed by atoms with E-state index in [0.29, 0.717) is 17.2 Å². The number of pyridine rings is 1. The summed E-state index contributed by atoms with van der Waals surface area (Å²) in [6.07, 6.45) is 6.19. The molecule has 2 aliphatic heterocycles. The first kappa shape index (κ1) is 23.0. The van der Waals surface area contributed by atoms with Gasteiger partial charge in [-0.15, -0.1) is 0 Å². The standard InChI is InChI=1S/C25H27ClFN5O2/c26-20-2-1-17(13-21(20)27)24(18-3-8-28-15-18)32-10-5-16(14-23(32)33)22-4-9-29-25(31-22)30-19-6-11-34-12-7-19/h1-2,4-5,9-10,13-14,18-19,24,28H,3,6-8,11-12,15H2,(H,29,30,31)/t18?,24-/m1/s1. The Kier molecular flexibility index (Phi) is 6.89. The molecule has 0 radical (unpaired) electrons. The SMILES string of the molecule is O=c1cc(-c2ccnc(NC3CCOCC3)n2)ccn1[C@H](c1ccc(Cl)c(F)c1)C1CCNC1. The summed E-state index contributed by atoms with van der Waals surface area (Å²) in [5.41, 5.74) is 1.95. The van der Waals surface area contributed by atoms with Gasteiger partial charge in [0.1, 0.15) is 5.82 Å². The molecule has 2 N–H and O–H groups in total. The Labute approximate surface area is 202 Å². The van der Waals surface area contributed by atoms with Crippen LogP contribution in [-0.2, 0) is 4.74 Å². The van der Waals surface area contributed by atoms with E-state index in [1.807, 2.05) is 6.07 Å². The molecule has 2 atom stereocenters. The first-order valence-electron chi connectivity index (χ1n) is 11.6. The summed E-state index contributed by atoms with van der Waals surface area (Å²) in [5.74, 6) is 0.226. The summed E-state index contributed by atoms with van der Waals surface area (Å²) in [7, 11) is 0. The van der Waals surface area contributed by atoms with Gasteiger partial charge in [0.15, 0.2) is 0 Å². The van der Waals surface area contributed by atoms with Gasteiger partial charge in [-0.2, -0.15) is 0 Å². The molecule has 0 bridgehead atoms. The van der Waals surface area contributed by atoms with Gasteiger partial charge < -0.3 is 19.9 Å². The predicted octanol–water partition coefficient (Wildman–Crippen LogP) is 3.89. The highest BCUT2D eigenvalue weighted by molar-refractivity contribution is 6.30. The van der Waals surface area contributed by atoms with Gasteiger partial charge in [0.05, 0.1) is 16.8 Å². The van der Waals surface area contributed by atoms with E-state index in [0.717, 1.165) is 51.1 Å². The number of rotatable bonds is 6. The second-order valence-electron chi connectivity index (χ2n) is 8.83. The molecule has 9 heteroatoms. The fourth-order valence-electron chi connectivity index (χ4n) is 4.80. The first-order chi connectivity index (χ1) is 16.6. The molecule has 7 nitrogen and oxygen atoms in total. The molecule has 0 spiro atoms. The van der Waals surface area contributed by atoms with E-state index < -0.39 is 5.82 Å². The van der Waals surface area contributed by atoms with Gasteiger partial charge in [0.25, 0.3) is 5.56 Å². The third-order valence-electron chi connectivity index (χ3n) is 6.58. The molecule has 2 aliphatic rings. The number of aromatic nitrogens is 3. The van der Waals surface area contributed by atoms with E-state index in [1.54, 1.807) is 41.2 Å². The number of ether oxygens (including phenoxy) is 1. The zero-order chi connectivity index (χ0) is 23.5. The molecule has 1 unspecified atom stereocenters. The van der Waals surface area contributed by atoms with E-state index in [2.05, 4.69) is 20.6 Å². The van der Waals surface area contributed by atoms with Crippen molar-refractivity contribution in [1.82, 2.24) is 19.9 Å². The van der Waals surface area contributed by atoms with Gasteiger partial charge in [0, 0.05) is 49.8 Å². The molecule has 3 aromatic rings. The fourth-order valence-corrected chi connectivity index (χ4v) is 4.91. The molecular weight excluding hydrogens is 457 g/mol. The zero-order valence-corrected chi connectivity index (χ0v) is 19.5. The van der Waals surface area contributed by atoms with Gasteiger partial charge in [-0.3, -0.25) is 4.79 Å². The van der Waals surface area contributed by atoms with Crippen molar-refractivity contribution in [3.05, 3.63) is 75.5 Å². The monoisotopic (exact) mass is 483 g/mol. The number of nitrogens with zero attached hydrogens (tertiary/aromatic N) is 3. The molecule has 0 aliphatic carbocycles. The van der Waals surface area contributed by atoms with Crippen LogP contribution in [0.2, 0.25) is 5.02 Å². The maximum absolute atomic E-state index is 14.3. The summed E-state index contributed by atoms with van der Waals surface area (Å²) < 4.78 is 21.4. The van der Waals surface area contributed by atoms with Crippen LogP contribution in [0.1, 0.15) is 30.9 Å². The molecule has 0 amide bonds. The van der Waals surface area contributed by atoms with E-state index in [1.165, 1.54) is 6.07 Å². The van der Waals surface area contributed by atoms with Crippen molar-refractivity contribution in [2.45, 2.75) is 31.3 Å². The maximum atomic E-state index is 14.3. The molecule has 2 fully saturated rings. The number of halogens is 2. The number of benzene rings is 1. The number of hydrogen-bond acceptors (Lipinski definition) is 6. The van der Waals surface area contributed by atoms with Gasteiger partial charge in [-0.05, 0) is 61.6 Å². The van der Waals surface area contributed by atoms with Gasteiger partial charge >= 0.3 is 0 Å². The first-order valence-corrected chi connectivity index (χ1v) is 12.0. The number of nitrogens with one attached hydrogen (secondary N) is 2. The lowest BCUT2D eigenvalue weighted by molar-refractivity contribution is 0.0903. The lowest BCUT2D eigenvalue weighted by atomic mass is 9.91. The Morgan fingerprint density at radius 1 is 1.18 bits per heavy atom. The highest BCUT2D eigenvalue weighted by Crippen LogP contribution is 2.32. The Morgan fingerprint density at radius 2 is 2.03 bits per heavy atom. The van der Waals surface area contributed by atoms with Crippen molar-refractivity contribution in [2.75, 3.05) is 31.6 Å². The smallest absolute Gasteiger partial charge is 0.251 e. The van der Waals surface area contributed by atoms with Gasteiger partial charge in [-0.25, -0.2) is 14.4 Å². The van der Waals surface area contributed by atoms with Crippen LogP contribution < -0.4 is 16.2 Å². The molecule has 34 heavy (non-hydrogen) atoms. The lowest BCUT2D eigenvalue weighted by Crippen LogP contribution is -2.31. The van der Waals surface area contributed by atoms with Gasteiger partial charge in [0.2, 0.25) is 5.95 Å². The second-order valence-corrected chi connectivity index (χ2v) is 9.24. The molecule has 2 aromatic heterocycles. The van der Waals surface area contributed by atoms with E-state index in [4.69, 9.17) is 16.3 Å². The average Bonchev–Trinajstić information content (AvgIpc) is 3.38. The number of anilines is 1. The van der Waals surface area contributed by atoms with Crippen molar-refractivity contribution in [3.63, 3.8) is 0 Å². The van der Waals surface area contributed by atoms with Gasteiger partial charge in [-0.1, -0.05) is 17.7 Å². The Balaban J connectivity index is 1.44. The predicted molar refractivity (Wildman–Crippen MR) is 130 cm³/mol. The highest BCUT2D eigenvalue weighted by Gasteiger charge is 2.29. The Morgan fingerprint density at radius 3 is 2.76 bits per heavy atom. The largest absolute Gasteiger partial charge is 0.381 e. The molecule has 1 aromatic carbocycles. The van der Waals surface area contributed by atoms with Crippen LogP contribution in [0, 0.1) is 11.7 Å². The lowest BCUT2D eigenvalue weighted by Gasteiger charge is -2.26. The summed E-state index contributed by atoms with van der Waals surface area (Å²) >= 11 is 5.91. The maximum Gasteiger partial charge on any atom is 0.251 e. The molecule has 4 heterocycles. The highest BCUT2D eigenvalue weighted by atomic mass is 35.5. The minimum absolute atomic E-state index is 0.0728. The van der Waals surface area contributed by atoms with Crippen molar-refractivity contribution in [1.29, 1.82) is 0 Å². The van der Waals surface area contributed by atoms with Crippen LogP contribution in [0.5, 0.6) is 0 Å². The van der Waals surface area contributed by atoms with Crippen LogP contribution in [-0.4, -0.2) is 46.9 Å². The molecule has 0 saturated carbocycles. The summed E-state index contributed by atoms with van der Waals surface area (Å²) in [4.78, 5) is 22.2. The second kappa shape index (κ2) is 10.2. The van der Waals surface area contributed by atoms with E-state index in [9.17, 15) is 9.18 Å². The normalized spacial score (nSPS) is 19.8. The topological polar surface area (TPSA) is 81.1 Å². The molecular formula is C25H27ClFN5O2. The van der Waals surface area contributed by atoms with Crippen molar-refractivity contribution in [3.8, 4) is 11.3 Å². The van der Waals surface area contributed by atoms with Crippen LogP contribution in [0.4, 0.5) is 10.3 Å². The Hall–Kier alpha value is -2.81. The number of hydrogen-bond donors (Lipinski definition) is 2. The minimum Gasteiger partial charge on any atom is -0.381 e.